The SMILES string of the molecule is FC(F)(F)CSc1nc(N2CCC(F)(F)C2)c2c(n1)n1n2-c2cccc(Cl)c2C1. The molecule has 154 valence electrons. The van der Waals surface area contributed by atoms with Crippen LogP contribution in [0, 0.1) is 0 Å². The molecule has 0 aliphatic carbocycles. The van der Waals surface area contributed by atoms with E-state index in [2.05, 4.69) is 9.97 Å². The molecule has 0 atom stereocenters. The molecule has 0 amide bonds. The lowest BCUT2D eigenvalue weighted by atomic mass is 10.2. The van der Waals surface area contributed by atoms with Crippen LogP contribution in [0.4, 0.5) is 27.8 Å². The number of rotatable bonds is 3. The first-order valence-electron chi connectivity index (χ1n) is 8.72. The van der Waals surface area contributed by atoms with E-state index in [4.69, 9.17) is 11.6 Å². The summed E-state index contributed by atoms with van der Waals surface area (Å²) in [6.45, 7) is -0.0653. The average molecular weight is 450 g/mol. The van der Waals surface area contributed by atoms with Crippen molar-refractivity contribution >= 4 is 40.3 Å². The Balaban J connectivity index is 1.63. The zero-order valence-electron chi connectivity index (χ0n) is 14.7. The average Bonchev–Trinajstić information content (AvgIpc) is 3.15. The Hall–Kier alpha value is -2.01. The lowest BCUT2D eigenvalue weighted by Gasteiger charge is -2.26. The number of hydrogen-bond donors (Lipinski definition) is 0. The number of alkyl halides is 5. The van der Waals surface area contributed by atoms with Gasteiger partial charge in [0.15, 0.2) is 22.1 Å². The molecule has 4 heterocycles. The van der Waals surface area contributed by atoms with Gasteiger partial charge in [-0.15, -0.1) is 0 Å². The molecule has 3 aromatic rings. The molecule has 1 aromatic carbocycles. The van der Waals surface area contributed by atoms with Gasteiger partial charge in [-0.2, -0.15) is 13.2 Å². The second kappa shape index (κ2) is 6.24. The van der Waals surface area contributed by atoms with Gasteiger partial charge in [-0.25, -0.2) is 23.4 Å². The number of thioether (sulfide) groups is 1. The monoisotopic (exact) mass is 449 g/mol. The van der Waals surface area contributed by atoms with Crippen molar-refractivity contribution in [3.8, 4) is 5.69 Å². The van der Waals surface area contributed by atoms with Gasteiger partial charge in [-0.05, 0) is 12.1 Å². The minimum atomic E-state index is -4.39. The summed E-state index contributed by atoms with van der Waals surface area (Å²) in [6, 6.07) is 5.37. The molecule has 0 spiro atoms. The predicted octanol–water partition coefficient (Wildman–Crippen LogP) is 4.74. The van der Waals surface area contributed by atoms with E-state index in [1.54, 1.807) is 21.5 Å². The van der Waals surface area contributed by atoms with E-state index in [9.17, 15) is 22.0 Å². The molecule has 2 aromatic heterocycles. The Morgan fingerprint density at radius 2 is 2.00 bits per heavy atom. The number of fused-ring (bicyclic) bond motifs is 6. The first-order valence-corrected chi connectivity index (χ1v) is 10.1. The highest BCUT2D eigenvalue weighted by Gasteiger charge is 2.41. The lowest BCUT2D eigenvalue weighted by molar-refractivity contribution is -0.105. The maximum atomic E-state index is 13.8. The van der Waals surface area contributed by atoms with Crippen molar-refractivity contribution in [3.05, 3.63) is 28.8 Å². The summed E-state index contributed by atoms with van der Waals surface area (Å²) < 4.78 is 69.2. The van der Waals surface area contributed by atoms with E-state index >= 15 is 0 Å². The highest BCUT2D eigenvalue weighted by Crippen LogP contribution is 2.42. The minimum absolute atomic E-state index is 0.0655. The van der Waals surface area contributed by atoms with E-state index < -0.39 is 24.4 Å². The number of hydrogen-bond acceptors (Lipinski definition) is 4. The topological polar surface area (TPSA) is 38.9 Å². The highest BCUT2D eigenvalue weighted by molar-refractivity contribution is 7.99. The molecule has 2 aliphatic rings. The third-order valence-corrected chi connectivity index (χ3v) is 6.26. The van der Waals surface area contributed by atoms with Crippen LogP contribution in [0.1, 0.15) is 12.0 Å². The molecule has 29 heavy (non-hydrogen) atoms. The van der Waals surface area contributed by atoms with Crippen molar-refractivity contribution in [3.63, 3.8) is 0 Å². The molecule has 2 aliphatic heterocycles. The van der Waals surface area contributed by atoms with Gasteiger partial charge in [0.05, 0.1) is 24.5 Å². The van der Waals surface area contributed by atoms with Gasteiger partial charge in [-0.1, -0.05) is 29.4 Å². The second-order valence-electron chi connectivity index (χ2n) is 7.04. The largest absolute Gasteiger partial charge is 0.398 e. The lowest BCUT2D eigenvalue weighted by Crippen LogP contribution is -2.29. The number of nitrogens with zero attached hydrogens (tertiary/aromatic N) is 5. The van der Waals surface area contributed by atoms with Crippen LogP contribution in [-0.4, -0.2) is 50.3 Å². The third kappa shape index (κ3) is 3.14. The molecule has 12 heteroatoms. The van der Waals surface area contributed by atoms with Gasteiger partial charge in [0.1, 0.15) is 0 Å². The van der Waals surface area contributed by atoms with E-state index in [1.807, 2.05) is 6.07 Å². The van der Waals surface area contributed by atoms with Crippen LogP contribution in [0.15, 0.2) is 23.4 Å². The van der Waals surface area contributed by atoms with Gasteiger partial charge in [0, 0.05) is 23.6 Å². The van der Waals surface area contributed by atoms with E-state index in [1.165, 1.54) is 4.90 Å². The number of benzene rings is 1. The maximum Gasteiger partial charge on any atom is 0.398 e. The maximum absolute atomic E-state index is 13.8. The van der Waals surface area contributed by atoms with Crippen molar-refractivity contribution in [2.75, 3.05) is 23.7 Å². The summed E-state index contributed by atoms with van der Waals surface area (Å²) in [5, 5.41) is 0.463. The third-order valence-electron chi connectivity index (χ3n) is 4.99. The van der Waals surface area contributed by atoms with E-state index in [-0.39, 0.29) is 23.9 Å². The fraction of sp³-hybridized carbons (Fsp3) is 0.412. The highest BCUT2D eigenvalue weighted by atomic mass is 35.5. The minimum Gasteiger partial charge on any atom is -0.348 e. The molecule has 1 fully saturated rings. The van der Waals surface area contributed by atoms with Crippen molar-refractivity contribution in [1.29, 1.82) is 0 Å². The van der Waals surface area contributed by atoms with Gasteiger partial charge in [0.25, 0.3) is 5.92 Å². The van der Waals surface area contributed by atoms with Gasteiger partial charge in [-0.3, -0.25) is 4.68 Å². The van der Waals surface area contributed by atoms with Crippen molar-refractivity contribution in [2.24, 2.45) is 0 Å². The molecule has 1 saturated heterocycles. The van der Waals surface area contributed by atoms with Crippen LogP contribution in [0.3, 0.4) is 0 Å². The Bertz CT molecular complexity index is 1120. The molecule has 5 rings (SSSR count). The molecule has 5 nitrogen and oxygen atoms in total. The summed E-state index contributed by atoms with van der Waals surface area (Å²) in [4.78, 5) is 9.91. The summed E-state index contributed by atoms with van der Waals surface area (Å²) in [6.07, 6.45) is -4.72. The fourth-order valence-corrected chi connectivity index (χ4v) is 4.57. The molecule has 0 saturated carbocycles. The van der Waals surface area contributed by atoms with Crippen LogP contribution in [0.5, 0.6) is 0 Å². The Kier molecular flexibility index (Phi) is 4.09. The summed E-state index contributed by atoms with van der Waals surface area (Å²) in [5.41, 5.74) is 2.56. The van der Waals surface area contributed by atoms with E-state index in [0.717, 1.165) is 11.3 Å². The van der Waals surface area contributed by atoms with Gasteiger partial charge < -0.3 is 4.90 Å². The zero-order chi connectivity index (χ0) is 20.6. The smallest absolute Gasteiger partial charge is 0.348 e. The standard InChI is InChI=1S/C17H13ClF5N5S/c18-10-2-1-3-11-9(10)6-27-14-12(28(11)27)13(26-5-4-16(19,20)7-26)24-15(25-14)29-8-17(21,22)23/h1-3H,4-8H2. The van der Waals surface area contributed by atoms with Crippen molar-refractivity contribution < 1.29 is 22.0 Å². The quantitative estimate of drug-likeness (QED) is 0.257. The van der Waals surface area contributed by atoms with E-state index in [0.29, 0.717) is 34.5 Å². The molecule has 0 radical (unpaired) electrons. The van der Waals surface area contributed by atoms with Crippen molar-refractivity contribution in [2.45, 2.75) is 30.2 Å². The second-order valence-corrected chi connectivity index (χ2v) is 8.39. The fourth-order valence-electron chi connectivity index (χ4n) is 3.75. The number of aromatic nitrogens is 4. The molecule has 0 N–H and O–H groups in total. The van der Waals surface area contributed by atoms with Crippen LogP contribution < -0.4 is 4.90 Å². The Labute approximate surface area is 170 Å². The Morgan fingerprint density at radius 3 is 2.69 bits per heavy atom. The molecular weight excluding hydrogens is 437 g/mol. The normalized spacial score (nSPS) is 17.9. The van der Waals surface area contributed by atoms with Gasteiger partial charge in [0.2, 0.25) is 0 Å². The van der Waals surface area contributed by atoms with Crippen LogP contribution in [-0.2, 0) is 6.54 Å². The van der Waals surface area contributed by atoms with Crippen molar-refractivity contribution in [1.82, 2.24) is 19.3 Å². The van der Waals surface area contributed by atoms with Crippen LogP contribution >= 0.6 is 23.4 Å². The summed E-state index contributed by atoms with van der Waals surface area (Å²) in [7, 11) is 0. The molecule has 0 unspecified atom stereocenters. The number of halogens is 6. The predicted molar refractivity (Wildman–Crippen MR) is 99.5 cm³/mol. The first-order chi connectivity index (χ1) is 13.6. The molecule has 0 bridgehead atoms. The first kappa shape index (κ1) is 19.0. The van der Waals surface area contributed by atoms with Crippen LogP contribution in [0.25, 0.3) is 16.9 Å². The molecular formula is C17H13ClF5N5S. The number of anilines is 1. The van der Waals surface area contributed by atoms with Gasteiger partial charge >= 0.3 is 6.18 Å². The zero-order valence-corrected chi connectivity index (χ0v) is 16.3. The van der Waals surface area contributed by atoms with Crippen LogP contribution in [0.2, 0.25) is 5.02 Å². The summed E-state index contributed by atoms with van der Waals surface area (Å²) >= 11 is 6.72. The summed E-state index contributed by atoms with van der Waals surface area (Å²) in [5.74, 6) is -3.80. The Morgan fingerprint density at radius 1 is 1.21 bits per heavy atom.